The minimum Gasteiger partial charge on any atom is -0.396 e. The second-order valence-electron chi connectivity index (χ2n) is 2.30. The van der Waals surface area contributed by atoms with Crippen LogP contribution in [0.1, 0.15) is 5.56 Å². The summed E-state index contributed by atoms with van der Waals surface area (Å²) in [7, 11) is 0. The third kappa shape index (κ3) is 2.06. The molecule has 0 saturated heterocycles. The lowest BCUT2D eigenvalue weighted by atomic mass is 10.1. The minimum absolute atomic E-state index is 0.0496. The first-order chi connectivity index (χ1) is 5.66. The monoisotopic (exact) mass is 296 g/mol. The van der Waals surface area contributed by atoms with Gasteiger partial charge in [-0.05, 0) is 34.5 Å². The number of benzene rings is 1. The Balaban J connectivity index is 3.14. The van der Waals surface area contributed by atoms with Crippen molar-refractivity contribution in [2.75, 3.05) is 6.61 Å². The summed E-state index contributed by atoms with van der Waals surface area (Å²) in [5.74, 6) is -0.307. The van der Waals surface area contributed by atoms with E-state index in [0.29, 0.717) is 20.9 Å². The average Bonchev–Trinajstić information content (AvgIpc) is 2.06. The molecule has 12 heavy (non-hydrogen) atoms. The zero-order valence-electron chi connectivity index (χ0n) is 6.15. The van der Waals surface area contributed by atoms with Gasteiger partial charge >= 0.3 is 0 Å². The predicted octanol–water partition coefficient (Wildman–Crippen LogP) is 2.89. The molecule has 1 nitrogen and oxygen atoms in total. The van der Waals surface area contributed by atoms with Crippen LogP contribution in [0.25, 0.3) is 0 Å². The van der Waals surface area contributed by atoms with Gasteiger partial charge < -0.3 is 5.11 Å². The molecule has 0 aliphatic carbocycles. The van der Waals surface area contributed by atoms with Crippen LogP contribution in [0.2, 0.25) is 0 Å². The smallest absolute Gasteiger partial charge is 0.141 e. The number of aliphatic hydroxyl groups is 1. The van der Waals surface area contributed by atoms with Crippen LogP contribution >= 0.6 is 31.9 Å². The summed E-state index contributed by atoms with van der Waals surface area (Å²) in [6, 6.07) is 3.37. The standard InChI is InChI=1S/C8H7Br2FO/c9-6-1-2-7(10)8(11)5(6)3-4-12/h1-2,12H,3-4H2. The Hall–Kier alpha value is 0.0700. The normalized spacial score (nSPS) is 10.3. The first-order valence-corrected chi connectivity index (χ1v) is 4.98. The first kappa shape index (κ1) is 10.2. The van der Waals surface area contributed by atoms with E-state index in [-0.39, 0.29) is 12.4 Å². The lowest BCUT2D eigenvalue weighted by Gasteiger charge is -2.05. The molecule has 0 aliphatic rings. The van der Waals surface area contributed by atoms with Gasteiger partial charge in [-0.3, -0.25) is 0 Å². The number of hydrogen-bond donors (Lipinski definition) is 1. The number of rotatable bonds is 2. The number of hydrogen-bond acceptors (Lipinski definition) is 1. The highest BCUT2D eigenvalue weighted by atomic mass is 79.9. The van der Waals surface area contributed by atoms with Crippen LogP contribution < -0.4 is 0 Å². The molecule has 0 radical (unpaired) electrons. The molecule has 0 atom stereocenters. The van der Waals surface area contributed by atoms with Crippen molar-refractivity contribution >= 4 is 31.9 Å². The summed E-state index contributed by atoms with van der Waals surface area (Å²) >= 11 is 6.28. The van der Waals surface area contributed by atoms with Gasteiger partial charge in [-0.1, -0.05) is 15.9 Å². The van der Waals surface area contributed by atoms with E-state index >= 15 is 0 Å². The Morgan fingerprint density at radius 2 is 1.83 bits per heavy atom. The van der Waals surface area contributed by atoms with Gasteiger partial charge in [0.05, 0.1) is 4.47 Å². The van der Waals surface area contributed by atoms with Crippen molar-refractivity contribution in [1.29, 1.82) is 0 Å². The van der Waals surface area contributed by atoms with E-state index in [1.165, 1.54) is 0 Å². The second kappa shape index (κ2) is 4.35. The summed E-state index contributed by atoms with van der Waals surface area (Å²) in [6.07, 6.45) is 0.325. The molecular weight excluding hydrogens is 291 g/mol. The number of halogens is 3. The third-order valence-electron chi connectivity index (χ3n) is 1.50. The summed E-state index contributed by atoms with van der Waals surface area (Å²) in [6.45, 7) is -0.0496. The van der Waals surface area contributed by atoms with Crippen molar-refractivity contribution in [3.05, 3.63) is 32.5 Å². The Labute approximate surface area is 86.9 Å². The molecule has 0 heterocycles. The molecule has 0 bridgehead atoms. The lowest BCUT2D eigenvalue weighted by molar-refractivity contribution is 0.297. The fourth-order valence-electron chi connectivity index (χ4n) is 0.910. The van der Waals surface area contributed by atoms with Gasteiger partial charge in [-0.25, -0.2) is 4.39 Å². The Bertz CT molecular complexity index is 289. The van der Waals surface area contributed by atoms with E-state index in [1.54, 1.807) is 12.1 Å². The van der Waals surface area contributed by atoms with Crippen LogP contribution in [0.4, 0.5) is 4.39 Å². The molecule has 1 N–H and O–H groups in total. The highest BCUT2D eigenvalue weighted by molar-refractivity contribution is 9.11. The summed E-state index contributed by atoms with van der Waals surface area (Å²) in [5.41, 5.74) is 0.506. The molecular formula is C8H7Br2FO. The Kier molecular flexibility index (Phi) is 3.68. The summed E-state index contributed by atoms with van der Waals surface area (Å²) in [4.78, 5) is 0. The van der Waals surface area contributed by atoms with E-state index in [4.69, 9.17) is 5.11 Å². The summed E-state index contributed by atoms with van der Waals surface area (Å²) in [5, 5.41) is 8.66. The molecule has 0 spiro atoms. The minimum atomic E-state index is -0.307. The zero-order chi connectivity index (χ0) is 9.14. The molecule has 1 aromatic rings. The van der Waals surface area contributed by atoms with Gasteiger partial charge in [-0.2, -0.15) is 0 Å². The molecule has 0 fully saturated rings. The van der Waals surface area contributed by atoms with Crippen LogP contribution in [0.5, 0.6) is 0 Å². The second-order valence-corrected chi connectivity index (χ2v) is 4.00. The van der Waals surface area contributed by atoms with Gasteiger partial charge in [0.25, 0.3) is 0 Å². The van der Waals surface area contributed by atoms with Crippen LogP contribution in [0, 0.1) is 5.82 Å². The van der Waals surface area contributed by atoms with Crippen LogP contribution in [-0.4, -0.2) is 11.7 Å². The molecule has 1 rings (SSSR count). The van der Waals surface area contributed by atoms with Crippen molar-refractivity contribution < 1.29 is 9.50 Å². The van der Waals surface area contributed by atoms with Crippen LogP contribution in [0.3, 0.4) is 0 Å². The predicted molar refractivity (Wildman–Crippen MR) is 52.6 cm³/mol. The zero-order valence-corrected chi connectivity index (χ0v) is 9.32. The first-order valence-electron chi connectivity index (χ1n) is 3.40. The largest absolute Gasteiger partial charge is 0.396 e. The topological polar surface area (TPSA) is 20.2 Å². The molecule has 0 aromatic heterocycles. The van der Waals surface area contributed by atoms with Crippen molar-refractivity contribution in [1.82, 2.24) is 0 Å². The van der Waals surface area contributed by atoms with Crippen LogP contribution in [0.15, 0.2) is 21.1 Å². The quantitative estimate of drug-likeness (QED) is 0.832. The van der Waals surface area contributed by atoms with Crippen molar-refractivity contribution in [2.24, 2.45) is 0 Å². The maximum absolute atomic E-state index is 13.3. The fourth-order valence-corrected chi connectivity index (χ4v) is 1.79. The van der Waals surface area contributed by atoms with E-state index in [2.05, 4.69) is 31.9 Å². The molecule has 0 saturated carbocycles. The van der Waals surface area contributed by atoms with E-state index < -0.39 is 0 Å². The highest BCUT2D eigenvalue weighted by Crippen LogP contribution is 2.26. The van der Waals surface area contributed by atoms with Gasteiger partial charge in [0.2, 0.25) is 0 Å². The van der Waals surface area contributed by atoms with Gasteiger partial charge in [0.1, 0.15) is 5.82 Å². The Morgan fingerprint density at radius 3 is 2.42 bits per heavy atom. The van der Waals surface area contributed by atoms with Crippen LogP contribution in [-0.2, 0) is 6.42 Å². The molecule has 0 amide bonds. The third-order valence-corrected chi connectivity index (χ3v) is 2.86. The molecule has 1 aromatic carbocycles. The molecule has 0 unspecified atom stereocenters. The van der Waals surface area contributed by atoms with Gasteiger partial charge in [-0.15, -0.1) is 0 Å². The van der Waals surface area contributed by atoms with Crippen molar-refractivity contribution in [3.63, 3.8) is 0 Å². The van der Waals surface area contributed by atoms with E-state index in [1.807, 2.05) is 0 Å². The van der Waals surface area contributed by atoms with Gasteiger partial charge in [0, 0.05) is 16.6 Å². The molecule has 4 heteroatoms. The highest BCUT2D eigenvalue weighted by Gasteiger charge is 2.09. The molecule has 66 valence electrons. The SMILES string of the molecule is OCCc1c(Br)ccc(Br)c1F. The van der Waals surface area contributed by atoms with Crippen molar-refractivity contribution in [3.8, 4) is 0 Å². The van der Waals surface area contributed by atoms with Gasteiger partial charge in [0.15, 0.2) is 0 Å². The lowest BCUT2D eigenvalue weighted by Crippen LogP contribution is -1.96. The van der Waals surface area contributed by atoms with E-state index in [0.717, 1.165) is 0 Å². The fraction of sp³-hybridized carbons (Fsp3) is 0.250. The maximum Gasteiger partial charge on any atom is 0.141 e. The average molecular weight is 298 g/mol. The maximum atomic E-state index is 13.3. The van der Waals surface area contributed by atoms with Crippen molar-refractivity contribution in [2.45, 2.75) is 6.42 Å². The number of aliphatic hydroxyl groups excluding tert-OH is 1. The summed E-state index contributed by atoms with van der Waals surface area (Å²) < 4.78 is 14.4. The molecule has 0 aliphatic heterocycles. The van der Waals surface area contributed by atoms with E-state index in [9.17, 15) is 4.39 Å². The Morgan fingerprint density at radius 1 is 1.25 bits per heavy atom.